The molecule has 0 fully saturated rings. The van der Waals surface area contributed by atoms with E-state index in [2.05, 4.69) is 138 Å². The zero-order chi connectivity index (χ0) is 30.2. The molecule has 45 heavy (non-hydrogen) atoms. The lowest BCUT2D eigenvalue weighted by atomic mass is 9.75. The summed E-state index contributed by atoms with van der Waals surface area (Å²) in [6.45, 7) is 2.34. The lowest BCUT2D eigenvalue weighted by Crippen LogP contribution is -2.09. The molecule has 2 nitrogen and oxygen atoms in total. The van der Waals surface area contributed by atoms with Gasteiger partial charge in [0.15, 0.2) is 0 Å². The van der Waals surface area contributed by atoms with E-state index in [1.807, 2.05) is 24.8 Å². The number of benzene rings is 4. The molecular formula is C43H34N2. The van der Waals surface area contributed by atoms with E-state index in [0.717, 1.165) is 19.3 Å². The van der Waals surface area contributed by atoms with Crippen LogP contribution < -0.4 is 0 Å². The van der Waals surface area contributed by atoms with Gasteiger partial charge < -0.3 is 0 Å². The lowest BCUT2D eigenvalue weighted by Gasteiger charge is -2.29. The van der Waals surface area contributed by atoms with Crippen LogP contribution in [0.15, 0.2) is 140 Å². The van der Waals surface area contributed by atoms with Gasteiger partial charge in [0, 0.05) is 24.8 Å². The van der Waals surface area contributed by atoms with Gasteiger partial charge in [-0.2, -0.15) is 0 Å². The summed E-state index contributed by atoms with van der Waals surface area (Å²) < 4.78 is 0. The number of nitrogens with zero attached hydrogens (tertiary/aromatic N) is 2. The number of pyridine rings is 2. The minimum atomic E-state index is 0.443. The van der Waals surface area contributed by atoms with Gasteiger partial charge in [0.2, 0.25) is 0 Å². The molecule has 0 N–H and O–H groups in total. The average Bonchev–Trinajstić information content (AvgIpc) is 3.11. The molecule has 216 valence electrons. The van der Waals surface area contributed by atoms with E-state index in [0.29, 0.717) is 5.92 Å². The van der Waals surface area contributed by atoms with Crippen molar-refractivity contribution < 1.29 is 0 Å². The topological polar surface area (TPSA) is 25.8 Å². The predicted octanol–water partition coefficient (Wildman–Crippen LogP) is 11.0. The zero-order valence-corrected chi connectivity index (χ0v) is 25.4. The minimum absolute atomic E-state index is 0.443. The molecule has 8 rings (SSSR count). The summed E-state index contributed by atoms with van der Waals surface area (Å²) >= 11 is 0. The molecule has 2 aliphatic carbocycles. The van der Waals surface area contributed by atoms with E-state index in [1.165, 1.54) is 77.6 Å². The molecule has 0 spiro atoms. The first-order valence-electron chi connectivity index (χ1n) is 15.9. The number of hydrogen-bond acceptors (Lipinski definition) is 2. The maximum Gasteiger partial charge on any atom is 0.0273 e. The summed E-state index contributed by atoms with van der Waals surface area (Å²) in [5, 5.41) is 2.64. The van der Waals surface area contributed by atoms with Crippen molar-refractivity contribution in [3.63, 3.8) is 0 Å². The fraction of sp³-hybridized carbons (Fsp3) is 0.116. The van der Waals surface area contributed by atoms with E-state index in [4.69, 9.17) is 0 Å². The van der Waals surface area contributed by atoms with Gasteiger partial charge in [-0.15, -0.1) is 0 Å². The largest absolute Gasteiger partial charge is 0.265 e. The van der Waals surface area contributed by atoms with Crippen molar-refractivity contribution in [3.05, 3.63) is 168 Å². The minimum Gasteiger partial charge on any atom is -0.265 e. The first-order valence-corrected chi connectivity index (χ1v) is 15.9. The molecule has 2 heterocycles. The second kappa shape index (κ2) is 11.6. The number of rotatable bonds is 5. The van der Waals surface area contributed by atoms with Crippen LogP contribution in [0.25, 0.3) is 55.8 Å². The molecule has 0 radical (unpaired) electrons. The first kappa shape index (κ1) is 27.2. The van der Waals surface area contributed by atoms with Crippen molar-refractivity contribution in [3.8, 4) is 22.3 Å². The van der Waals surface area contributed by atoms with Crippen molar-refractivity contribution in [2.24, 2.45) is 5.92 Å². The highest BCUT2D eigenvalue weighted by Gasteiger charge is 2.26. The quantitative estimate of drug-likeness (QED) is 0.203. The van der Waals surface area contributed by atoms with Crippen LogP contribution in [0.3, 0.4) is 0 Å². The monoisotopic (exact) mass is 578 g/mol. The van der Waals surface area contributed by atoms with Crippen LogP contribution in [-0.4, -0.2) is 9.97 Å². The normalized spacial score (nSPS) is 16.0. The van der Waals surface area contributed by atoms with Crippen LogP contribution in [0.4, 0.5) is 0 Å². The smallest absolute Gasteiger partial charge is 0.0273 e. The van der Waals surface area contributed by atoms with Crippen LogP contribution in [0.5, 0.6) is 0 Å². The fourth-order valence-corrected chi connectivity index (χ4v) is 7.30. The second-order valence-corrected chi connectivity index (χ2v) is 12.2. The van der Waals surface area contributed by atoms with E-state index in [-0.39, 0.29) is 0 Å². The van der Waals surface area contributed by atoms with Gasteiger partial charge in [0.25, 0.3) is 0 Å². The molecule has 1 unspecified atom stereocenters. The third-order valence-corrected chi connectivity index (χ3v) is 9.30. The second-order valence-electron chi connectivity index (χ2n) is 12.2. The van der Waals surface area contributed by atoms with Crippen LogP contribution in [-0.2, 0) is 6.42 Å². The van der Waals surface area contributed by atoms with Gasteiger partial charge in [-0.1, -0.05) is 97.9 Å². The zero-order valence-electron chi connectivity index (χ0n) is 25.4. The molecule has 0 aliphatic heterocycles. The Kier molecular flexibility index (Phi) is 7.04. The molecule has 0 amide bonds. The Morgan fingerprint density at radius 3 is 1.93 bits per heavy atom. The molecule has 2 heteroatoms. The molecule has 6 aromatic rings. The molecule has 0 bridgehead atoms. The third-order valence-electron chi connectivity index (χ3n) is 9.30. The summed E-state index contributed by atoms with van der Waals surface area (Å²) in [4.78, 5) is 8.52. The molecule has 2 aromatic heterocycles. The maximum atomic E-state index is 4.27. The Morgan fingerprint density at radius 1 is 0.533 bits per heavy atom. The summed E-state index contributed by atoms with van der Waals surface area (Å²) in [5.74, 6) is 0.443. The molecule has 4 aromatic carbocycles. The number of aromatic nitrogens is 2. The molecule has 0 saturated heterocycles. The van der Waals surface area contributed by atoms with E-state index < -0.39 is 0 Å². The summed E-state index contributed by atoms with van der Waals surface area (Å²) in [5.41, 5.74) is 15.8. The number of allylic oxidation sites excluding steroid dienone is 5. The SMILES string of the molecule is CC1C=C(c2ccncc2)C=C(c2c3c(c(-c4cccc(-c5ccncc5)c4)c4ccccc24)C=C(c2ccccc2)CC3)C1. The Bertz CT molecular complexity index is 2120. The number of hydrogen-bond donors (Lipinski definition) is 0. The Hall–Kier alpha value is -5.34. The van der Waals surface area contributed by atoms with Crippen molar-refractivity contribution in [2.45, 2.75) is 26.2 Å². The van der Waals surface area contributed by atoms with Crippen molar-refractivity contribution in [1.29, 1.82) is 0 Å². The number of fused-ring (bicyclic) bond motifs is 2. The fourth-order valence-electron chi connectivity index (χ4n) is 7.30. The van der Waals surface area contributed by atoms with Crippen LogP contribution in [0.1, 0.15) is 47.6 Å². The molecule has 0 saturated carbocycles. The van der Waals surface area contributed by atoms with Gasteiger partial charge in [-0.3, -0.25) is 9.97 Å². The Morgan fingerprint density at radius 2 is 1.18 bits per heavy atom. The summed E-state index contributed by atoms with van der Waals surface area (Å²) in [6, 6.07) is 37.4. The molecular weight excluding hydrogens is 544 g/mol. The average molecular weight is 579 g/mol. The van der Waals surface area contributed by atoms with Gasteiger partial charge >= 0.3 is 0 Å². The maximum absolute atomic E-state index is 4.27. The van der Waals surface area contributed by atoms with Gasteiger partial charge in [0.1, 0.15) is 0 Å². The van der Waals surface area contributed by atoms with E-state index in [1.54, 1.807) is 0 Å². The third kappa shape index (κ3) is 5.13. The lowest BCUT2D eigenvalue weighted by molar-refractivity contribution is 0.751. The highest BCUT2D eigenvalue weighted by Crippen LogP contribution is 2.48. The van der Waals surface area contributed by atoms with Gasteiger partial charge in [-0.05, 0) is 133 Å². The van der Waals surface area contributed by atoms with Crippen molar-refractivity contribution in [2.75, 3.05) is 0 Å². The van der Waals surface area contributed by atoms with Crippen LogP contribution >= 0.6 is 0 Å². The molecule has 2 aliphatic rings. The summed E-state index contributed by atoms with van der Waals surface area (Å²) in [7, 11) is 0. The Labute approximate surface area is 265 Å². The van der Waals surface area contributed by atoms with E-state index >= 15 is 0 Å². The summed E-state index contributed by atoms with van der Waals surface area (Å²) in [6.07, 6.45) is 17.9. The highest BCUT2D eigenvalue weighted by atomic mass is 14.6. The first-order chi connectivity index (χ1) is 22.2. The molecule has 1 atom stereocenters. The van der Waals surface area contributed by atoms with Crippen LogP contribution in [0.2, 0.25) is 0 Å². The van der Waals surface area contributed by atoms with Crippen molar-refractivity contribution >= 4 is 33.6 Å². The Balaban J connectivity index is 1.41. The van der Waals surface area contributed by atoms with Crippen molar-refractivity contribution in [1.82, 2.24) is 9.97 Å². The predicted molar refractivity (Wildman–Crippen MR) is 189 cm³/mol. The highest BCUT2D eigenvalue weighted by molar-refractivity contribution is 6.10. The van der Waals surface area contributed by atoms with Crippen LogP contribution in [0, 0.1) is 5.92 Å². The standard InChI is InChI=1S/C43H34N2/c1-29-24-36(32-18-22-45-23-19-32)27-37(25-29)43-39-13-6-5-12-38(39)42(35-11-7-10-33(26-35)31-16-20-44-21-17-31)41-28-34(14-15-40(41)43)30-8-3-2-4-9-30/h2-13,16-24,26-29H,14-15,25H2,1H3. The van der Waals surface area contributed by atoms with Gasteiger partial charge in [0.05, 0.1) is 0 Å². The van der Waals surface area contributed by atoms with Gasteiger partial charge in [-0.25, -0.2) is 0 Å². The van der Waals surface area contributed by atoms with E-state index in [9.17, 15) is 0 Å².